The van der Waals surface area contributed by atoms with Gasteiger partial charge < -0.3 is 5.32 Å². The number of rotatable bonds is 5. The average Bonchev–Trinajstić information content (AvgIpc) is 3.07. The van der Waals surface area contributed by atoms with Gasteiger partial charge in [0.05, 0.1) is 14.6 Å². The van der Waals surface area contributed by atoms with Crippen LogP contribution in [0.2, 0.25) is 0 Å². The van der Waals surface area contributed by atoms with E-state index in [1.165, 1.54) is 12.0 Å². The summed E-state index contributed by atoms with van der Waals surface area (Å²) in [4.78, 5) is 13.4. The minimum absolute atomic E-state index is 0.0699. The fraction of sp³-hybridized carbons (Fsp3) is 0.467. The summed E-state index contributed by atoms with van der Waals surface area (Å²) in [5.74, 6) is 0.0699. The molecular formula is C15H19N3OS2. The topological polar surface area (TPSA) is 57.8 Å². The standard InChI is InChI=1S/C15H19N3OS2/c1-3-4-9(2)20-15-12-10(5-7-16-14(12)19)13(21-15)11-6-8-17-18-11/h6,8-9H,3-5,7H2,1-2H3,(H,16,19)(H,17,18). The Kier molecular flexibility index (Phi) is 4.35. The largest absolute Gasteiger partial charge is 0.352 e. The van der Waals surface area contributed by atoms with Gasteiger partial charge in [0.15, 0.2) is 0 Å². The minimum Gasteiger partial charge on any atom is -0.352 e. The van der Waals surface area contributed by atoms with Gasteiger partial charge in [0.1, 0.15) is 5.69 Å². The maximum atomic E-state index is 12.3. The van der Waals surface area contributed by atoms with E-state index in [2.05, 4.69) is 29.4 Å². The van der Waals surface area contributed by atoms with Gasteiger partial charge >= 0.3 is 0 Å². The number of aromatic amines is 1. The van der Waals surface area contributed by atoms with Gasteiger partial charge in [-0.25, -0.2) is 0 Å². The number of hydrogen-bond acceptors (Lipinski definition) is 4. The Balaban J connectivity index is 2.02. The first-order valence-corrected chi connectivity index (χ1v) is 9.01. The van der Waals surface area contributed by atoms with E-state index in [1.807, 2.05) is 24.0 Å². The molecule has 3 rings (SSSR count). The molecule has 1 unspecified atom stereocenters. The number of nitrogens with one attached hydrogen (secondary N) is 2. The van der Waals surface area contributed by atoms with Crippen LogP contribution in [0.15, 0.2) is 16.5 Å². The smallest absolute Gasteiger partial charge is 0.253 e. The lowest BCUT2D eigenvalue weighted by atomic mass is 10.0. The molecule has 1 amide bonds. The molecule has 1 atom stereocenters. The third kappa shape index (κ3) is 2.87. The summed E-state index contributed by atoms with van der Waals surface area (Å²) in [5.41, 5.74) is 3.00. The van der Waals surface area contributed by atoms with Crippen molar-refractivity contribution in [2.75, 3.05) is 6.54 Å². The number of aromatic nitrogens is 2. The lowest BCUT2D eigenvalue weighted by molar-refractivity contribution is 0.0944. The molecule has 0 aromatic carbocycles. The number of fused-ring (bicyclic) bond motifs is 1. The van der Waals surface area contributed by atoms with E-state index in [4.69, 9.17) is 0 Å². The van der Waals surface area contributed by atoms with Crippen molar-refractivity contribution in [1.82, 2.24) is 15.5 Å². The van der Waals surface area contributed by atoms with Crippen molar-refractivity contribution in [3.05, 3.63) is 23.4 Å². The van der Waals surface area contributed by atoms with Crippen LogP contribution in [0.1, 0.15) is 42.6 Å². The lowest BCUT2D eigenvalue weighted by Crippen LogP contribution is -2.31. The quantitative estimate of drug-likeness (QED) is 0.826. The molecular weight excluding hydrogens is 302 g/mol. The maximum Gasteiger partial charge on any atom is 0.253 e. The number of nitrogens with zero attached hydrogens (tertiary/aromatic N) is 1. The Morgan fingerprint density at radius 3 is 3.10 bits per heavy atom. The van der Waals surface area contributed by atoms with Gasteiger partial charge in [0.25, 0.3) is 5.91 Å². The zero-order chi connectivity index (χ0) is 14.8. The van der Waals surface area contributed by atoms with Gasteiger partial charge in [0.2, 0.25) is 0 Å². The van der Waals surface area contributed by atoms with Crippen molar-refractivity contribution in [3.8, 4) is 10.6 Å². The number of carbonyl (C=O) groups excluding carboxylic acids is 1. The van der Waals surface area contributed by atoms with E-state index in [0.717, 1.165) is 33.2 Å². The Bertz CT molecular complexity index is 634. The third-order valence-corrected chi connectivity index (χ3v) is 6.24. The Hall–Kier alpha value is -1.27. The highest BCUT2D eigenvalue weighted by Crippen LogP contribution is 2.44. The predicted octanol–water partition coefficient (Wildman–Crippen LogP) is 3.70. The summed E-state index contributed by atoms with van der Waals surface area (Å²) in [6.07, 6.45) is 5.05. The molecule has 0 radical (unpaired) electrons. The number of hydrogen-bond donors (Lipinski definition) is 2. The van der Waals surface area contributed by atoms with Crippen LogP contribution in [0, 0.1) is 0 Å². The molecule has 6 heteroatoms. The van der Waals surface area contributed by atoms with E-state index < -0.39 is 0 Å². The molecule has 1 aliphatic heterocycles. The third-order valence-electron chi connectivity index (χ3n) is 3.60. The highest BCUT2D eigenvalue weighted by Gasteiger charge is 2.28. The van der Waals surface area contributed by atoms with Crippen molar-refractivity contribution in [2.45, 2.75) is 42.6 Å². The second kappa shape index (κ2) is 6.23. The molecule has 21 heavy (non-hydrogen) atoms. The SMILES string of the molecule is CCCC(C)Sc1sc(-c2cc[nH]n2)c2c1C(=O)NCC2. The normalized spacial score (nSPS) is 15.6. The fourth-order valence-electron chi connectivity index (χ4n) is 2.62. The van der Waals surface area contributed by atoms with Crippen LogP contribution in [-0.2, 0) is 6.42 Å². The summed E-state index contributed by atoms with van der Waals surface area (Å²) in [7, 11) is 0. The van der Waals surface area contributed by atoms with E-state index >= 15 is 0 Å². The van der Waals surface area contributed by atoms with E-state index in [9.17, 15) is 4.79 Å². The first-order chi connectivity index (χ1) is 10.2. The molecule has 0 spiro atoms. The first-order valence-electron chi connectivity index (χ1n) is 7.31. The van der Waals surface area contributed by atoms with E-state index in [-0.39, 0.29) is 5.91 Å². The molecule has 0 saturated heterocycles. The van der Waals surface area contributed by atoms with Crippen LogP contribution in [0.3, 0.4) is 0 Å². The number of H-pyrrole nitrogens is 1. The van der Waals surface area contributed by atoms with Crippen LogP contribution in [-0.4, -0.2) is 27.9 Å². The number of carbonyl (C=O) groups is 1. The molecule has 4 nitrogen and oxygen atoms in total. The molecule has 2 aromatic rings. The van der Waals surface area contributed by atoms with Gasteiger partial charge in [-0.05, 0) is 24.5 Å². The molecule has 2 aromatic heterocycles. The van der Waals surface area contributed by atoms with E-state index in [0.29, 0.717) is 11.8 Å². The van der Waals surface area contributed by atoms with Gasteiger partial charge in [-0.2, -0.15) is 5.10 Å². The van der Waals surface area contributed by atoms with Crippen molar-refractivity contribution >= 4 is 29.0 Å². The Labute approximate surface area is 132 Å². The number of amides is 1. The average molecular weight is 321 g/mol. The van der Waals surface area contributed by atoms with Gasteiger partial charge in [-0.15, -0.1) is 23.1 Å². The van der Waals surface area contributed by atoms with Crippen LogP contribution in [0.4, 0.5) is 0 Å². The van der Waals surface area contributed by atoms with Crippen molar-refractivity contribution < 1.29 is 4.79 Å². The second-order valence-electron chi connectivity index (χ2n) is 5.25. The molecule has 2 N–H and O–H groups in total. The molecule has 0 bridgehead atoms. The second-order valence-corrected chi connectivity index (χ2v) is 7.98. The van der Waals surface area contributed by atoms with Crippen molar-refractivity contribution in [2.24, 2.45) is 0 Å². The van der Waals surface area contributed by atoms with Crippen LogP contribution >= 0.6 is 23.1 Å². The monoisotopic (exact) mass is 321 g/mol. The summed E-state index contributed by atoms with van der Waals surface area (Å²) in [6, 6.07) is 1.97. The summed E-state index contributed by atoms with van der Waals surface area (Å²) in [6.45, 7) is 5.15. The van der Waals surface area contributed by atoms with Gasteiger partial charge in [0, 0.05) is 18.0 Å². The molecule has 1 aliphatic rings. The molecule has 3 heterocycles. The Morgan fingerprint density at radius 1 is 1.52 bits per heavy atom. The molecule has 112 valence electrons. The van der Waals surface area contributed by atoms with E-state index in [1.54, 1.807) is 11.3 Å². The number of thioether (sulfide) groups is 1. The van der Waals surface area contributed by atoms with Crippen LogP contribution in [0.5, 0.6) is 0 Å². The highest BCUT2D eigenvalue weighted by molar-refractivity contribution is 8.01. The summed E-state index contributed by atoms with van der Waals surface area (Å²) in [5, 5.41) is 10.7. The van der Waals surface area contributed by atoms with Crippen LogP contribution < -0.4 is 5.32 Å². The highest BCUT2D eigenvalue weighted by atomic mass is 32.2. The van der Waals surface area contributed by atoms with Gasteiger partial charge in [-0.1, -0.05) is 20.3 Å². The molecule has 0 saturated carbocycles. The minimum atomic E-state index is 0.0699. The molecule has 0 fully saturated rings. The van der Waals surface area contributed by atoms with Crippen molar-refractivity contribution in [3.63, 3.8) is 0 Å². The predicted molar refractivity (Wildman–Crippen MR) is 88.2 cm³/mol. The van der Waals surface area contributed by atoms with Crippen LogP contribution in [0.25, 0.3) is 10.6 Å². The number of thiophene rings is 1. The zero-order valence-electron chi connectivity index (χ0n) is 12.2. The Morgan fingerprint density at radius 2 is 2.38 bits per heavy atom. The molecule has 0 aliphatic carbocycles. The summed E-state index contributed by atoms with van der Waals surface area (Å²) < 4.78 is 1.14. The maximum absolute atomic E-state index is 12.3. The zero-order valence-corrected chi connectivity index (χ0v) is 13.9. The van der Waals surface area contributed by atoms with Crippen molar-refractivity contribution in [1.29, 1.82) is 0 Å². The fourth-order valence-corrected chi connectivity index (χ4v) is 5.66. The first kappa shape index (κ1) is 14.7. The lowest BCUT2D eigenvalue weighted by Gasteiger charge is -2.16. The summed E-state index contributed by atoms with van der Waals surface area (Å²) >= 11 is 3.53. The van der Waals surface area contributed by atoms with Gasteiger partial charge in [-0.3, -0.25) is 9.89 Å².